The van der Waals surface area contributed by atoms with Crippen molar-refractivity contribution in [2.75, 3.05) is 7.11 Å². The van der Waals surface area contributed by atoms with Gasteiger partial charge in [-0.05, 0) is 23.1 Å². The molecule has 18 heavy (non-hydrogen) atoms. The van der Waals surface area contributed by atoms with Gasteiger partial charge in [0.2, 0.25) is 0 Å². The Kier molecular flexibility index (Phi) is 3.26. The van der Waals surface area contributed by atoms with E-state index in [9.17, 15) is 9.90 Å². The van der Waals surface area contributed by atoms with Gasteiger partial charge in [-0.2, -0.15) is 0 Å². The molecular weight excluding hydrogens is 228 g/mol. The molecule has 1 aromatic rings. The minimum atomic E-state index is -0.842. The zero-order valence-corrected chi connectivity index (χ0v) is 10.9. The van der Waals surface area contributed by atoms with Gasteiger partial charge in [-0.3, -0.25) is 4.79 Å². The zero-order chi connectivity index (χ0) is 13.3. The van der Waals surface area contributed by atoms with E-state index in [4.69, 9.17) is 4.74 Å². The predicted octanol–water partition coefficient (Wildman–Crippen LogP) is 2.65. The SMILES string of the molecule is COc1ccc(C(O)C2=CC(C)(C)CC2=O)cc1. The van der Waals surface area contributed by atoms with Gasteiger partial charge in [0.25, 0.3) is 0 Å². The fraction of sp³-hybridized carbons (Fsp3) is 0.400. The second kappa shape index (κ2) is 4.58. The fourth-order valence-electron chi connectivity index (χ4n) is 2.27. The van der Waals surface area contributed by atoms with Crippen LogP contribution < -0.4 is 4.74 Å². The van der Waals surface area contributed by atoms with Crippen LogP contribution in [0.25, 0.3) is 0 Å². The molecule has 0 saturated carbocycles. The van der Waals surface area contributed by atoms with Crippen molar-refractivity contribution in [2.24, 2.45) is 5.41 Å². The molecular formula is C15H18O3. The van der Waals surface area contributed by atoms with Crippen LogP contribution in [-0.2, 0) is 4.79 Å². The lowest BCUT2D eigenvalue weighted by molar-refractivity contribution is -0.116. The van der Waals surface area contributed by atoms with Crippen LogP contribution in [0.3, 0.4) is 0 Å². The lowest BCUT2D eigenvalue weighted by atomic mass is 9.93. The second-order valence-corrected chi connectivity index (χ2v) is 5.36. The number of ketones is 1. The molecule has 0 fully saturated rings. The molecule has 2 rings (SSSR count). The van der Waals surface area contributed by atoms with Crippen molar-refractivity contribution in [3.05, 3.63) is 41.5 Å². The van der Waals surface area contributed by atoms with E-state index in [1.807, 2.05) is 19.9 Å². The number of hydrogen-bond acceptors (Lipinski definition) is 3. The number of methoxy groups -OCH3 is 1. The molecule has 0 spiro atoms. The number of hydrogen-bond donors (Lipinski definition) is 1. The van der Waals surface area contributed by atoms with Gasteiger partial charge in [0.1, 0.15) is 11.9 Å². The Balaban J connectivity index is 2.26. The molecule has 96 valence electrons. The first kappa shape index (κ1) is 12.8. The zero-order valence-electron chi connectivity index (χ0n) is 10.9. The van der Waals surface area contributed by atoms with Crippen LogP contribution in [0, 0.1) is 5.41 Å². The van der Waals surface area contributed by atoms with Crippen molar-refractivity contribution in [3.8, 4) is 5.75 Å². The van der Waals surface area contributed by atoms with Crippen molar-refractivity contribution in [3.63, 3.8) is 0 Å². The number of ether oxygens (including phenoxy) is 1. The summed E-state index contributed by atoms with van der Waals surface area (Å²) in [5.41, 5.74) is 1.07. The number of carbonyl (C=O) groups excluding carboxylic acids is 1. The molecule has 1 N–H and O–H groups in total. The van der Waals surface area contributed by atoms with Crippen molar-refractivity contribution >= 4 is 5.78 Å². The maximum atomic E-state index is 11.9. The van der Waals surface area contributed by atoms with Crippen LogP contribution in [0.5, 0.6) is 5.75 Å². The molecule has 0 bridgehead atoms. The number of aliphatic hydroxyl groups is 1. The predicted molar refractivity (Wildman–Crippen MR) is 69.4 cm³/mol. The minimum absolute atomic E-state index is 0.0309. The maximum Gasteiger partial charge on any atom is 0.162 e. The molecule has 0 amide bonds. The van der Waals surface area contributed by atoms with E-state index in [2.05, 4.69) is 0 Å². The van der Waals surface area contributed by atoms with Crippen LogP contribution in [0.2, 0.25) is 0 Å². The smallest absolute Gasteiger partial charge is 0.162 e. The molecule has 0 heterocycles. The van der Waals surface area contributed by atoms with E-state index < -0.39 is 6.10 Å². The summed E-state index contributed by atoms with van der Waals surface area (Å²) in [5, 5.41) is 10.3. The first-order valence-electron chi connectivity index (χ1n) is 6.01. The van der Waals surface area contributed by atoms with Gasteiger partial charge < -0.3 is 9.84 Å². The van der Waals surface area contributed by atoms with E-state index in [-0.39, 0.29) is 11.2 Å². The maximum absolute atomic E-state index is 11.9. The van der Waals surface area contributed by atoms with Gasteiger partial charge in [0.15, 0.2) is 5.78 Å². The normalized spacial score (nSPS) is 19.6. The summed E-state index contributed by atoms with van der Waals surface area (Å²) in [4.78, 5) is 11.9. The minimum Gasteiger partial charge on any atom is -0.497 e. The summed E-state index contributed by atoms with van der Waals surface area (Å²) in [6.07, 6.45) is 1.50. The summed E-state index contributed by atoms with van der Waals surface area (Å²) in [6.45, 7) is 4.00. The average Bonchev–Trinajstić information content (AvgIpc) is 2.62. The van der Waals surface area contributed by atoms with Gasteiger partial charge in [-0.15, -0.1) is 0 Å². The number of aliphatic hydroxyl groups excluding tert-OH is 1. The number of rotatable bonds is 3. The van der Waals surface area contributed by atoms with Gasteiger partial charge in [0.05, 0.1) is 7.11 Å². The lowest BCUT2D eigenvalue weighted by Gasteiger charge is -2.12. The molecule has 0 radical (unpaired) electrons. The molecule has 3 heteroatoms. The summed E-state index contributed by atoms with van der Waals surface area (Å²) < 4.78 is 5.07. The standard InChI is InChI=1S/C15H18O3/c1-15(2)8-12(13(16)9-15)14(17)10-4-6-11(18-3)7-5-10/h4-8,14,17H,9H2,1-3H3. The van der Waals surface area contributed by atoms with E-state index in [0.717, 1.165) is 5.75 Å². The highest BCUT2D eigenvalue weighted by molar-refractivity contribution is 5.99. The highest BCUT2D eigenvalue weighted by Gasteiger charge is 2.33. The highest BCUT2D eigenvalue weighted by Crippen LogP contribution is 2.38. The van der Waals surface area contributed by atoms with Crippen molar-refractivity contribution in [1.82, 2.24) is 0 Å². The van der Waals surface area contributed by atoms with Gasteiger partial charge in [-0.1, -0.05) is 32.1 Å². The molecule has 1 aliphatic rings. The summed E-state index contributed by atoms with van der Waals surface area (Å²) >= 11 is 0. The summed E-state index contributed by atoms with van der Waals surface area (Å²) in [5.74, 6) is 0.765. The Morgan fingerprint density at radius 2 is 1.89 bits per heavy atom. The van der Waals surface area contributed by atoms with Crippen LogP contribution in [0.1, 0.15) is 31.9 Å². The van der Waals surface area contributed by atoms with Crippen LogP contribution >= 0.6 is 0 Å². The summed E-state index contributed by atoms with van der Waals surface area (Å²) in [6, 6.07) is 7.12. The molecule has 1 unspecified atom stereocenters. The van der Waals surface area contributed by atoms with Crippen LogP contribution in [-0.4, -0.2) is 18.0 Å². The number of benzene rings is 1. The second-order valence-electron chi connectivity index (χ2n) is 5.36. The monoisotopic (exact) mass is 246 g/mol. The first-order chi connectivity index (χ1) is 8.43. The third-order valence-electron chi connectivity index (χ3n) is 3.21. The van der Waals surface area contributed by atoms with Crippen LogP contribution in [0.15, 0.2) is 35.9 Å². The van der Waals surface area contributed by atoms with Gasteiger partial charge >= 0.3 is 0 Å². The molecule has 0 aliphatic heterocycles. The topological polar surface area (TPSA) is 46.5 Å². The molecule has 1 aliphatic carbocycles. The largest absolute Gasteiger partial charge is 0.497 e. The van der Waals surface area contributed by atoms with Crippen molar-refractivity contribution in [1.29, 1.82) is 0 Å². The Bertz CT molecular complexity index is 483. The Morgan fingerprint density at radius 3 is 2.33 bits per heavy atom. The lowest BCUT2D eigenvalue weighted by Crippen LogP contribution is -2.08. The van der Waals surface area contributed by atoms with E-state index in [1.165, 1.54) is 0 Å². The van der Waals surface area contributed by atoms with Crippen molar-refractivity contribution in [2.45, 2.75) is 26.4 Å². The third-order valence-corrected chi connectivity index (χ3v) is 3.21. The van der Waals surface area contributed by atoms with E-state index >= 15 is 0 Å². The van der Waals surface area contributed by atoms with E-state index in [0.29, 0.717) is 17.6 Å². The van der Waals surface area contributed by atoms with Gasteiger partial charge in [-0.25, -0.2) is 0 Å². The molecule has 3 nitrogen and oxygen atoms in total. The average molecular weight is 246 g/mol. The molecule has 0 aromatic heterocycles. The quantitative estimate of drug-likeness (QED) is 0.891. The van der Waals surface area contributed by atoms with Crippen LogP contribution in [0.4, 0.5) is 0 Å². The number of carbonyl (C=O) groups is 1. The first-order valence-corrected chi connectivity index (χ1v) is 6.01. The Hall–Kier alpha value is -1.61. The van der Waals surface area contributed by atoms with Crippen molar-refractivity contribution < 1.29 is 14.6 Å². The highest BCUT2D eigenvalue weighted by atomic mass is 16.5. The third kappa shape index (κ3) is 2.46. The molecule has 1 aromatic carbocycles. The van der Waals surface area contributed by atoms with E-state index in [1.54, 1.807) is 31.4 Å². The Labute approximate surface area is 107 Å². The van der Waals surface area contributed by atoms with Gasteiger partial charge in [0, 0.05) is 12.0 Å². The number of Topliss-reactive ketones (excluding diaryl/α,β-unsaturated/α-hetero) is 1. The molecule has 1 atom stereocenters. The molecule has 0 saturated heterocycles. The summed E-state index contributed by atoms with van der Waals surface area (Å²) in [7, 11) is 1.59. The fourth-order valence-corrected chi connectivity index (χ4v) is 2.27. The Morgan fingerprint density at radius 1 is 1.28 bits per heavy atom. The number of allylic oxidation sites excluding steroid dienone is 1.